The van der Waals surface area contributed by atoms with E-state index in [9.17, 15) is 9.18 Å². The van der Waals surface area contributed by atoms with Gasteiger partial charge in [0.05, 0.1) is 11.2 Å². The first-order valence-electron chi connectivity index (χ1n) is 9.41. The van der Waals surface area contributed by atoms with Crippen molar-refractivity contribution in [2.45, 2.75) is 13.8 Å². The smallest absolute Gasteiger partial charge is 0.167 e. The van der Waals surface area contributed by atoms with Crippen molar-refractivity contribution in [3.63, 3.8) is 0 Å². The van der Waals surface area contributed by atoms with Crippen molar-refractivity contribution in [2.75, 3.05) is 6.61 Å². The number of ketones is 1. The average Bonchev–Trinajstić information content (AvgIpc) is 3.04. The second-order valence-electron chi connectivity index (χ2n) is 6.77. The lowest BCUT2D eigenvalue weighted by molar-refractivity contribution is -0.118. The molecule has 0 aliphatic carbocycles. The van der Waals surface area contributed by atoms with Crippen LogP contribution in [0.2, 0.25) is 10.0 Å². The van der Waals surface area contributed by atoms with Crippen molar-refractivity contribution >= 4 is 39.9 Å². The SMILES string of the molecule is CC(=O)COc1ccc(Cl)cc1.Cc1cc2cc(F)ccc2n1Oc1ccc(Cl)cc1. The van der Waals surface area contributed by atoms with Crippen LogP contribution in [0.25, 0.3) is 10.9 Å². The molecule has 1 heterocycles. The fourth-order valence-corrected chi connectivity index (χ4v) is 2.99. The first-order chi connectivity index (χ1) is 14.8. The van der Waals surface area contributed by atoms with E-state index in [0.717, 1.165) is 16.6 Å². The maximum Gasteiger partial charge on any atom is 0.167 e. The van der Waals surface area contributed by atoms with E-state index in [-0.39, 0.29) is 18.2 Å². The second kappa shape index (κ2) is 10.3. The second-order valence-corrected chi connectivity index (χ2v) is 7.65. The third-order valence-corrected chi connectivity index (χ3v) is 4.66. The van der Waals surface area contributed by atoms with Crippen LogP contribution in [0, 0.1) is 12.7 Å². The Morgan fingerprint density at radius 2 is 1.48 bits per heavy atom. The number of nitrogens with zero attached hydrogens (tertiary/aromatic N) is 1. The highest BCUT2D eigenvalue weighted by molar-refractivity contribution is 6.30. The number of ether oxygens (including phenoxy) is 1. The van der Waals surface area contributed by atoms with Crippen LogP contribution in [-0.2, 0) is 4.79 Å². The van der Waals surface area contributed by atoms with Gasteiger partial charge in [-0.15, -0.1) is 0 Å². The van der Waals surface area contributed by atoms with Gasteiger partial charge in [-0.3, -0.25) is 4.79 Å². The van der Waals surface area contributed by atoms with Crippen molar-refractivity contribution in [1.29, 1.82) is 0 Å². The molecule has 0 spiro atoms. The summed E-state index contributed by atoms with van der Waals surface area (Å²) in [5.74, 6) is 1.09. The zero-order valence-corrected chi connectivity index (χ0v) is 18.5. The van der Waals surface area contributed by atoms with Crippen LogP contribution in [0.3, 0.4) is 0 Å². The van der Waals surface area contributed by atoms with Crippen molar-refractivity contribution in [1.82, 2.24) is 4.73 Å². The van der Waals surface area contributed by atoms with Crippen LogP contribution in [0.5, 0.6) is 11.5 Å². The number of aromatic nitrogens is 1. The van der Waals surface area contributed by atoms with Gasteiger partial charge >= 0.3 is 0 Å². The molecule has 0 amide bonds. The third-order valence-electron chi connectivity index (χ3n) is 4.16. The molecule has 31 heavy (non-hydrogen) atoms. The predicted molar refractivity (Wildman–Crippen MR) is 122 cm³/mol. The van der Waals surface area contributed by atoms with Crippen LogP contribution in [-0.4, -0.2) is 17.1 Å². The number of benzene rings is 3. The summed E-state index contributed by atoms with van der Waals surface area (Å²) in [6.07, 6.45) is 0. The van der Waals surface area contributed by atoms with E-state index in [1.165, 1.54) is 19.1 Å². The van der Waals surface area contributed by atoms with Gasteiger partial charge < -0.3 is 9.57 Å². The predicted octanol–water partition coefficient (Wildman–Crippen LogP) is 6.89. The first kappa shape index (κ1) is 22.7. The largest absolute Gasteiger partial charge is 0.486 e. The molecule has 0 unspecified atom stereocenters. The average molecular weight is 460 g/mol. The van der Waals surface area contributed by atoms with Gasteiger partial charge in [-0.25, -0.2) is 4.39 Å². The minimum Gasteiger partial charge on any atom is -0.486 e. The summed E-state index contributed by atoms with van der Waals surface area (Å²) in [5, 5.41) is 2.13. The highest BCUT2D eigenvalue weighted by Crippen LogP contribution is 2.23. The molecule has 0 saturated carbocycles. The molecule has 0 radical (unpaired) electrons. The van der Waals surface area contributed by atoms with E-state index in [0.29, 0.717) is 21.5 Å². The third kappa shape index (κ3) is 6.48. The minimum atomic E-state index is -0.254. The number of aryl methyl sites for hydroxylation is 1. The molecule has 0 aliphatic rings. The van der Waals surface area contributed by atoms with Crippen molar-refractivity contribution in [3.05, 3.63) is 94.4 Å². The van der Waals surface area contributed by atoms with Gasteiger partial charge in [0.1, 0.15) is 18.2 Å². The van der Waals surface area contributed by atoms with E-state index in [2.05, 4.69) is 0 Å². The zero-order valence-electron chi connectivity index (χ0n) is 16.9. The van der Waals surface area contributed by atoms with Gasteiger partial charge in [0.15, 0.2) is 11.5 Å². The number of carbonyl (C=O) groups excluding carboxylic acids is 1. The van der Waals surface area contributed by atoms with Crippen molar-refractivity contribution < 1.29 is 18.8 Å². The molecule has 0 bridgehead atoms. The Kier molecular flexibility index (Phi) is 7.55. The van der Waals surface area contributed by atoms with Gasteiger partial charge in [0, 0.05) is 15.4 Å². The molecular formula is C24H20Cl2FNO3. The number of carbonyl (C=O) groups is 1. The Hall–Kier alpha value is -3.02. The summed E-state index contributed by atoms with van der Waals surface area (Å²) in [5.41, 5.74) is 1.73. The molecule has 0 saturated heterocycles. The summed E-state index contributed by atoms with van der Waals surface area (Å²) >= 11 is 11.5. The molecule has 0 aliphatic heterocycles. The first-order valence-corrected chi connectivity index (χ1v) is 10.2. The fourth-order valence-electron chi connectivity index (χ4n) is 2.74. The Morgan fingerprint density at radius 3 is 2.06 bits per heavy atom. The quantitative estimate of drug-likeness (QED) is 0.326. The van der Waals surface area contributed by atoms with Crippen LogP contribution < -0.4 is 9.57 Å². The van der Waals surface area contributed by atoms with Gasteiger partial charge in [0.2, 0.25) is 0 Å². The van der Waals surface area contributed by atoms with Gasteiger partial charge in [-0.2, -0.15) is 4.73 Å². The maximum absolute atomic E-state index is 13.2. The van der Waals surface area contributed by atoms with Gasteiger partial charge in [-0.05, 0) is 86.6 Å². The van der Waals surface area contributed by atoms with Crippen LogP contribution in [0.1, 0.15) is 12.6 Å². The lowest BCUT2D eigenvalue weighted by Crippen LogP contribution is -2.06. The lowest BCUT2D eigenvalue weighted by Gasteiger charge is -2.10. The molecule has 4 nitrogen and oxygen atoms in total. The molecule has 4 aromatic rings. The highest BCUT2D eigenvalue weighted by atomic mass is 35.5. The Bertz CT molecular complexity index is 1170. The number of fused-ring (bicyclic) bond motifs is 1. The van der Waals surface area contributed by atoms with Gasteiger partial charge in [0.25, 0.3) is 0 Å². The molecule has 7 heteroatoms. The summed E-state index contributed by atoms with van der Waals surface area (Å²) in [6, 6.07) is 20.5. The van der Waals surface area contributed by atoms with Crippen molar-refractivity contribution in [2.24, 2.45) is 0 Å². The lowest BCUT2D eigenvalue weighted by atomic mass is 10.2. The monoisotopic (exact) mass is 459 g/mol. The molecule has 0 N–H and O–H groups in total. The normalized spacial score (nSPS) is 10.4. The minimum absolute atomic E-state index is 0.00458. The van der Waals surface area contributed by atoms with Crippen LogP contribution in [0.15, 0.2) is 72.8 Å². The molecular weight excluding hydrogens is 440 g/mol. The molecule has 4 rings (SSSR count). The van der Waals surface area contributed by atoms with E-state index < -0.39 is 0 Å². The van der Waals surface area contributed by atoms with Gasteiger partial charge in [-0.1, -0.05) is 23.2 Å². The molecule has 0 fully saturated rings. The Labute approximate surface area is 189 Å². The van der Waals surface area contributed by atoms with Crippen LogP contribution in [0.4, 0.5) is 4.39 Å². The number of hydrogen-bond donors (Lipinski definition) is 0. The number of hydrogen-bond acceptors (Lipinski definition) is 3. The maximum atomic E-state index is 13.2. The number of rotatable bonds is 5. The molecule has 160 valence electrons. The standard InChI is InChI=1S/C15H11ClFNO.C9H9ClO2/c1-10-8-11-9-13(17)4-7-15(11)18(10)19-14-5-2-12(16)3-6-14;1-7(11)6-12-9-4-2-8(10)3-5-9/h2-9H,1H3;2-5H,6H2,1H3. The van der Waals surface area contributed by atoms with E-state index in [1.54, 1.807) is 59.3 Å². The summed E-state index contributed by atoms with van der Waals surface area (Å²) < 4.78 is 20.0. The summed E-state index contributed by atoms with van der Waals surface area (Å²) in [6.45, 7) is 3.51. The van der Waals surface area contributed by atoms with Crippen molar-refractivity contribution in [3.8, 4) is 11.5 Å². The molecule has 3 aromatic carbocycles. The highest BCUT2D eigenvalue weighted by Gasteiger charge is 2.08. The number of halogens is 3. The van der Waals surface area contributed by atoms with E-state index >= 15 is 0 Å². The topological polar surface area (TPSA) is 40.5 Å². The molecule has 0 atom stereocenters. The zero-order chi connectivity index (χ0) is 22.4. The summed E-state index contributed by atoms with van der Waals surface area (Å²) in [4.78, 5) is 16.3. The Morgan fingerprint density at radius 1 is 0.903 bits per heavy atom. The van der Waals surface area contributed by atoms with E-state index in [1.807, 2.05) is 13.0 Å². The van der Waals surface area contributed by atoms with Crippen LogP contribution >= 0.6 is 23.2 Å². The Balaban J connectivity index is 0.000000196. The fraction of sp³-hybridized carbons (Fsp3) is 0.125. The van der Waals surface area contributed by atoms with E-state index in [4.69, 9.17) is 32.8 Å². The summed E-state index contributed by atoms with van der Waals surface area (Å²) in [7, 11) is 0. The molecule has 1 aromatic heterocycles. The number of Topliss-reactive ketones (excluding diaryl/α,β-unsaturated/α-hetero) is 1.